The van der Waals surface area contributed by atoms with Crippen LogP contribution in [-0.2, 0) is 12.8 Å². The van der Waals surface area contributed by atoms with Crippen molar-refractivity contribution in [2.75, 3.05) is 0 Å². The van der Waals surface area contributed by atoms with E-state index in [1.165, 1.54) is 87.5 Å². The Hall–Kier alpha value is -6.54. The Labute approximate surface area is 325 Å². The molecule has 0 aromatic heterocycles. The Morgan fingerprint density at radius 2 is 0.545 bits per heavy atom. The molecule has 0 fully saturated rings. The van der Waals surface area contributed by atoms with E-state index in [1.807, 2.05) is 0 Å². The summed E-state index contributed by atoms with van der Waals surface area (Å²) >= 11 is 0. The fourth-order valence-electron chi connectivity index (χ4n) is 9.30. The van der Waals surface area contributed by atoms with E-state index < -0.39 is 8.07 Å². The van der Waals surface area contributed by atoms with Gasteiger partial charge in [-0.15, -0.1) is 0 Å². The number of rotatable bonds is 8. The van der Waals surface area contributed by atoms with E-state index in [0.717, 1.165) is 12.8 Å². The van der Waals surface area contributed by atoms with E-state index >= 15 is 0 Å². The van der Waals surface area contributed by atoms with E-state index in [-0.39, 0.29) is 0 Å². The van der Waals surface area contributed by atoms with Crippen molar-refractivity contribution in [1.29, 1.82) is 0 Å². The zero-order chi connectivity index (χ0) is 36.6. The fraction of sp³-hybridized carbons (Fsp3) is 0.0370. The Balaban J connectivity index is 1.31. The first-order chi connectivity index (χ1) is 27.3. The molecule has 1 heteroatoms. The standard InChI is InChI=1S/C54H40Si/c1-5-17-39(18-6-1)41-29-33-43(34-30-41)51-37-45-21-13-15-27-49(45)53(51)55(47-23-9-3-10-24-47,48-25-11-4-12-26-48)54-50-28-16-14-22-46(50)38-52(54)44-35-31-42(32-36-44)40-19-7-2-8-20-40/h1-36H,37-38H2. The number of benzene rings is 8. The highest BCUT2D eigenvalue weighted by atomic mass is 28.3. The topological polar surface area (TPSA) is 0 Å². The highest BCUT2D eigenvalue weighted by Gasteiger charge is 2.51. The smallest absolute Gasteiger partial charge is 0.0623 e. The molecule has 0 N–H and O–H groups in total. The minimum absolute atomic E-state index is 0.903. The second kappa shape index (κ2) is 14.0. The first kappa shape index (κ1) is 33.1. The Morgan fingerprint density at radius 3 is 0.927 bits per heavy atom. The molecule has 10 rings (SSSR count). The summed E-state index contributed by atoms with van der Waals surface area (Å²) in [4.78, 5) is 0. The molecule has 0 saturated carbocycles. The van der Waals surface area contributed by atoms with Gasteiger partial charge >= 0.3 is 0 Å². The maximum atomic E-state index is 2.42. The molecule has 2 aliphatic carbocycles. The first-order valence-electron chi connectivity index (χ1n) is 19.4. The van der Waals surface area contributed by atoms with Gasteiger partial charge in [0.1, 0.15) is 0 Å². The largest absolute Gasteiger partial charge is 0.181 e. The second-order valence-corrected chi connectivity index (χ2v) is 18.4. The summed E-state index contributed by atoms with van der Waals surface area (Å²) in [7, 11) is -3.07. The van der Waals surface area contributed by atoms with Crippen LogP contribution < -0.4 is 10.4 Å². The van der Waals surface area contributed by atoms with Gasteiger partial charge in [0.25, 0.3) is 0 Å². The zero-order valence-corrected chi connectivity index (χ0v) is 31.7. The lowest BCUT2D eigenvalue weighted by Gasteiger charge is -2.39. The summed E-state index contributed by atoms with van der Waals surface area (Å²) in [6.45, 7) is 0. The molecule has 0 unspecified atom stereocenters. The van der Waals surface area contributed by atoms with Gasteiger partial charge in [-0.1, -0.05) is 218 Å². The van der Waals surface area contributed by atoms with Crippen molar-refractivity contribution < 1.29 is 0 Å². The molecule has 0 radical (unpaired) electrons. The maximum absolute atomic E-state index is 3.07. The van der Waals surface area contributed by atoms with Crippen LogP contribution in [0.15, 0.2) is 218 Å². The lowest BCUT2D eigenvalue weighted by atomic mass is 9.99. The lowest BCUT2D eigenvalue weighted by molar-refractivity contribution is 1.32. The maximum Gasteiger partial charge on any atom is 0.181 e. The van der Waals surface area contributed by atoms with Crippen LogP contribution in [0.4, 0.5) is 0 Å². The fourth-order valence-corrected chi connectivity index (χ4v) is 15.1. The molecular formula is C54H40Si. The number of allylic oxidation sites excluding steroid dienone is 2. The molecule has 8 aromatic carbocycles. The molecule has 0 saturated heterocycles. The quantitative estimate of drug-likeness (QED) is 0.137. The summed E-state index contributed by atoms with van der Waals surface area (Å²) < 4.78 is 0. The highest BCUT2D eigenvalue weighted by molar-refractivity contribution is 7.27. The minimum Gasteiger partial charge on any atom is -0.0623 e. The van der Waals surface area contributed by atoms with Gasteiger partial charge in [0.05, 0.1) is 0 Å². The average molecular weight is 717 g/mol. The van der Waals surface area contributed by atoms with E-state index in [2.05, 4.69) is 218 Å². The third kappa shape index (κ3) is 5.67. The molecule has 0 atom stereocenters. The van der Waals surface area contributed by atoms with Gasteiger partial charge in [-0.25, -0.2) is 0 Å². The van der Waals surface area contributed by atoms with Gasteiger partial charge in [0.15, 0.2) is 8.07 Å². The summed E-state index contributed by atoms with van der Waals surface area (Å²) in [5.74, 6) is 0. The molecule has 0 heterocycles. The highest BCUT2D eigenvalue weighted by Crippen LogP contribution is 2.52. The van der Waals surface area contributed by atoms with Crippen molar-refractivity contribution >= 4 is 40.0 Å². The predicted octanol–water partition coefficient (Wildman–Crippen LogP) is 12.0. The molecule has 260 valence electrons. The molecule has 0 aliphatic heterocycles. The van der Waals surface area contributed by atoms with Gasteiger partial charge in [0.2, 0.25) is 0 Å². The van der Waals surface area contributed by atoms with Gasteiger partial charge in [-0.3, -0.25) is 0 Å². The van der Waals surface area contributed by atoms with E-state index in [9.17, 15) is 0 Å². The summed E-state index contributed by atoms with van der Waals surface area (Å²) in [5.41, 5.74) is 16.0. The van der Waals surface area contributed by atoms with Crippen molar-refractivity contribution in [2.24, 2.45) is 0 Å². The van der Waals surface area contributed by atoms with Crippen molar-refractivity contribution in [3.8, 4) is 22.3 Å². The van der Waals surface area contributed by atoms with Crippen molar-refractivity contribution in [2.45, 2.75) is 12.8 Å². The summed E-state index contributed by atoms with van der Waals surface area (Å²) in [6.07, 6.45) is 1.81. The summed E-state index contributed by atoms with van der Waals surface area (Å²) in [5, 5.41) is 5.85. The monoisotopic (exact) mass is 716 g/mol. The normalized spacial score (nSPS) is 13.5. The van der Waals surface area contributed by atoms with E-state index in [0.29, 0.717) is 0 Å². The Morgan fingerprint density at radius 1 is 0.255 bits per heavy atom. The number of hydrogen-bond donors (Lipinski definition) is 0. The Kier molecular flexibility index (Phi) is 8.43. The van der Waals surface area contributed by atoms with Gasteiger partial charge < -0.3 is 0 Å². The molecular weight excluding hydrogens is 677 g/mol. The van der Waals surface area contributed by atoms with Crippen LogP contribution in [0.3, 0.4) is 0 Å². The SMILES string of the molecule is c1ccc(-c2ccc(C3=C([Si](C4=C(c5ccc(-c6ccccc6)cc5)Cc5ccccc54)(c4ccccc4)c4ccccc4)c4ccccc4C3)cc2)cc1. The molecule has 0 spiro atoms. The third-order valence-corrected chi connectivity index (χ3v) is 16.8. The average Bonchev–Trinajstić information content (AvgIpc) is 3.86. The zero-order valence-electron chi connectivity index (χ0n) is 30.7. The molecule has 2 aliphatic rings. The second-order valence-electron chi connectivity index (χ2n) is 14.7. The van der Waals surface area contributed by atoms with E-state index in [1.54, 1.807) is 0 Å². The number of hydrogen-bond acceptors (Lipinski definition) is 0. The van der Waals surface area contributed by atoms with Gasteiger partial charge in [-0.2, -0.15) is 0 Å². The van der Waals surface area contributed by atoms with Crippen LogP contribution in [0, 0.1) is 0 Å². The molecule has 0 nitrogen and oxygen atoms in total. The van der Waals surface area contributed by atoms with Crippen molar-refractivity contribution in [3.63, 3.8) is 0 Å². The first-order valence-corrected chi connectivity index (χ1v) is 21.4. The van der Waals surface area contributed by atoms with E-state index in [4.69, 9.17) is 0 Å². The van der Waals surface area contributed by atoms with Crippen LogP contribution >= 0.6 is 0 Å². The summed E-state index contributed by atoms with van der Waals surface area (Å²) in [6, 6.07) is 81.7. The molecule has 0 amide bonds. The van der Waals surface area contributed by atoms with Gasteiger partial charge in [0, 0.05) is 0 Å². The van der Waals surface area contributed by atoms with Crippen LogP contribution in [0.2, 0.25) is 0 Å². The molecule has 0 bridgehead atoms. The van der Waals surface area contributed by atoms with Crippen LogP contribution in [0.25, 0.3) is 43.8 Å². The third-order valence-electron chi connectivity index (χ3n) is 11.8. The van der Waals surface area contributed by atoms with Crippen LogP contribution in [0.1, 0.15) is 33.4 Å². The van der Waals surface area contributed by atoms with Crippen LogP contribution in [-0.4, -0.2) is 8.07 Å². The molecule has 55 heavy (non-hydrogen) atoms. The van der Waals surface area contributed by atoms with Crippen molar-refractivity contribution in [1.82, 2.24) is 0 Å². The predicted molar refractivity (Wildman–Crippen MR) is 236 cm³/mol. The van der Waals surface area contributed by atoms with Crippen molar-refractivity contribution in [3.05, 3.63) is 252 Å². The van der Waals surface area contributed by atoms with Crippen LogP contribution in [0.5, 0.6) is 0 Å². The Bertz CT molecular complexity index is 2500. The lowest BCUT2D eigenvalue weighted by Crippen LogP contribution is -2.60. The number of fused-ring (bicyclic) bond motifs is 2. The minimum atomic E-state index is -3.07. The van der Waals surface area contributed by atoms with Gasteiger partial charge in [-0.05, 0) is 100 Å². The molecule has 8 aromatic rings.